The van der Waals surface area contributed by atoms with Gasteiger partial charge in [0.1, 0.15) is 11.6 Å². The molecule has 1 saturated carbocycles. The molecule has 2 aromatic carbocycles. The summed E-state index contributed by atoms with van der Waals surface area (Å²) in [5.41, 5.74) is -0.865. The van der Waals surface area contributed by atoms with Gasteiger partial charge in [-0.3, -0.25) is 19.1 Å². The van der Waals surface area contributed by atoms with Crippen LogP contribution in [0.25, 0.3) is 0 Å². The highest BCUT2D eigenvalue weighted by Crippen LogP contribution is 2.64. The maximum atomic E-state index is 13.6. The van der Waals surface area contributed by atoms with Gasteiger partial charge in [-0.1, -0.05) is 63.2 Å². The van der Waals surface area contributed by atoms with Crippen molar-refractivity contribution in [3.63, 3.8) is 0 Å². The lowest BCUT2D eigenvalue weighted by Crippen LogP contribution is -2.48. The fraction of sp³-hybridized carbons (Fsp3) is 0.400. The average molecular weight is 585 g/mol. The molecule has 3 atom stereocenters. The van der Waals surface area contributed by atoms with Crippen LogP contribution in [0.1, 0.15) is 67.1 Å². The van der Waals surface area contributed by atoms with Gasteiger partial charge in [-0.2, -0.15) is 0 Å². The fourth-order valence-electron chi connectivity index (χ4n) is 6.44. The molecule has 5 rings (SSSR count). The van der Waals surface area contributed by atoms with Crippen LogP contribution in [-0.4, -0.2) is 36.7 Å². The Kier molecular flexibility index (Phi) is 8.18. The first-order valence-corrected chi connectivity index (χ1v) is 13.3. The zero-order valence-electron chi connectivity index (χ0n) is 23.1. The maximum absolute atomic E-state index is 13.6. The maximum Gasteiger partial charge on any atom is 0.408 e. The van der Waals surface area contributed by atoms with E-state index in [1.54, 1.807) is 0 Å². The van der Waals surface area contributed by atoms with Crippen LogP contribution in [0.4, 0.5) is 9.18 Å². The van der Waals surface area contributed by atoms with Crippen LogP contribution in [0.2, 0.25) is 0 Å². The Morgan fingerprint density at radius 1 is 1.10 bits per heavy atom. The zero-order chi connectivity index (χ0) is 28.8. The summed E-state index contributed by atoms with van der Waals surface area (Å²) in [4.78, 5) is 45.5. The summed E-state index contributed by atoms with van der Waals surface area (Å²) in [5, 5.41) is 24.0. The minimum atomic E-state index is -1.17. The lowest BCUT2D eigenvalue weighted by molar-refractivity contribution is -0.00879. The number of nitrogens with zero attached hydrogens (tertiary/aromatic N) is 3. The number of hydrogen-bond donors (Lipinski definition) is 3. The minimum Gasteiger partial charge on any atom is -0.501 e. The van der Waals surface area contributed by atoms with Gasteiger partial charge < -0.3 is 15.5 Å². The van der Waals surface area contributed by atoms with Crippen molar-refractivity contribution >= 4 is 24.4 Å². The van der Waals surface area contributed by atoms with Crippen molar-refractivity contribution in [1.29, 1.82) is 0 Å². The average Bonchev–Trinajstić information content (AvgIpc) is 3.11. The van der Waals surface area contributed by atoms with E-state index < -0.39 is 46.3 Å². The zero-order valence-corrected chi connectivity index (χ0v) is 23.9. The molecule has 0 spiro atoms. The number of benzene rings is 2. The van der Waals surface area contributed by atoms with Crippen molar-refractivity contribution in [2.45, 2.75) is 59.3 Å². The van der Waals surface area contributed by atoms with E-state index in [-0.39, 0.29) is 49.2 Å². The second kappa shape index (κ2) is 11.2. The highest BCUT2D eigenvalue weighted by molar-refractivity contribution is 5.94. The molecule has 3 N–H and O–H groups in total. The van der Waals surface area contributed by atoms with Gasteiger partial charge in [0.25, 0.3) is 11.5 Å². The summed E-state index contributed by atoms with van der Waals surface area (Å²) in [7, 11) is 0. The SMILES string of the molecule is CC1(C)[C@@H]2CC[C@@]1(C)[C@@H](N(Cc1ccccc1)C(=O)O)c1nc(C(=O)NCc3ccc(F)cc3)c(O)c(=O)n1C2.Cl. The topological polar surface area (TPSA) is 125 Å². The first-order chi connectivity index (χ1) is 18.9. The smallest absolute Gasteiger partial charge is 0.408 e. The summed E-state index contributed by atoms with van der Waals surface area (Å²) >= 11 is 0. The Bertz CT molecular complexity index is 1510. The Balaban J connectivity index is 0.00000387. The molecule has 2 bridgehead atoms. The van der Waals surface area contributed by atoms with Crippen LogP contribution < -0.4 is 10.9 Å². The summed E-state index contributed by atoms with van der Waals surface area (Å²) in [5.74, 6) is -1.81. The van der Waals surface area contributed by atoms with Gasteiger partial charge in [0.2, 0.25) is 5.75 Å². The molecule has 9 nitrogen and oxygen atoms in total. The summed E-state index contributed by atoms with van der Waals surface area (Å²) in [6.45, 7) is 6.54. The second-order valence-electron chi connectivity index (χ2n) is 11.6. The number of aromatic nitrogens is 2. The van der Waals surface area contributed by atoms with Gasteiger partial charge in [-0.15, -0.1) is 12.4 Å². The molecule has 0 saturated heterocycles. The van der Waals surface area contributed by atoms with E-state index >= 15 is 0 Å². The first-order valence-electron chi connectivity index (χ1n) is 13.3. The molecule has 1 aliphatic heterocycles. The number of amides is 2. The molecule has 11 heteroatoms. The largest absolute Gasteiger partial charge is 0.501 e. The molecule has 0 radical (unpaired) electrons. The van der Waals surface area contributed by atoms with E-state index in [0.29, 0.717) is 12.0 Å². The van der Waals surface area contributed by atoms with Crippen molar-refractivity contribution in [2.75, 3.05) is 0 Å². The van der Waals surface area contributed by atoms with Crippen molar-refractivity contribution in [1.82, 2.24) is 19.8 Å². The minimum absolute atomic E-state index is 0. The van der Waals surface area contributed by atoms with Crippen LogP contribution in [-0.2, 0) is 19.6 Å². The second-order valence-corrected chi connectivity index (χ2v) is 11.6. The Morgan fingerprint density at radius 2 is 1.76 bits per heavy atom. The van der Waals surface area contributed by atoms with E-state index in [0.717, 1.165) is 12.0 Å². The fourth-order valence-corrected chi connectivity index (χ4v) is 6.44. The molecule has 41 heavy (non-hydrogen) atoms. The van der Waals surface area contributed by atoms with Crippen LogP contribution in [0.3, 0.4) is 0 Å². The molecule has 218 valence electrons. The third kappa shape index (κ3) is 5.16. The van der Waals surface area contributed by atoms with Gasteiger partial charge in [-0.05, 0) is 47.4 Å². The van der Waals surface area contributed by atoms with Gasteiger partial charge in [0.15, 0.2) is 5.69 Å². The summed E-state index contributed by atoms with van der Waals surface area (Å²) in [6, 6.07) is 13.9. The first kappa shape index (κ1) is 30.0. The van der Waals surface area contributed by atoms with Crippen molar-refractivity contribution in [3.8, 4) is 5.75 Å². The number of nitrogens with one attached hydrogen (secondary N) is 1. The van der Waals surface area contributed by atoms with E-state index in [9.17, 15) is 29.0 Å². The van der Waals surface area contributed by atoms with Gasteiger partial charge in [-0.25, -0.2) is 14.2 Å². The number of rotatable bonds is 6. The monoisotopic (exact) mass is 584 g/mol. The summed E-state index contributed by atoms with van der Waals surface area (Å²) in [6.07, 6.45) is 0.314. The third-order valence-corrected chi connectivity index (χ3v) is 9.27. The molecule has 1 fully saturated rings. The molecule has 2 heterocycles. The number of carbonyl (C=O) groups excluding carboxylic acids is 1. The number of hydrogen-bond acceptors (Lipinski definition) is 5. The summed E-state index contributed by atoms with van der Waals surface area (Å²) < 4.78 is 14.6. The predicted molar refractivity (Wildman–Crippen MR) is 152 cm³/mol. The van der Waals surface area contributed by atoms with Crippen molar-refractivity contribution in [2.24, 2.45) is 16.7 Å². The van der Waals surface area contributed by atoms with Crippen molar-refractivity contribution < 1.29 is 24.2 Å². The number of carbonyl (C=O) groups is 2. The highest BCUT2D eigenvalue weighted by atomic mass is 35.5. The lowest BCUT2D eigenvalue weighted by Gasteiger charge is -2.48. The van der Waals surface area contributed by atoms with Crippen LogP contribution >= 0.6 is 12.4 Å². The third-order valence-electron chi connectivity index (χ3n) is 9.27. The standard InChI is InChI=1S/C30H33FN4O5.ClH/c1-29(2)20-13-14-30(29,3)24(34(28(39)40)16-19-7-5-4-6-8-19)25-33-22(23(36)27(38)35(25)17-20)26(37)32-15-18-9-11-21(31)12-10-18;/h4-12,20,24,36H,13-17H2,1-3H3,(H,32,37)(H,39,40);1H/t20-,24+,30+;/m1./s1. The van der Waals surface area contributed by atoms with Crippen LogP contribution in [0, 0.1) is 22.6 Å². The quantitative estimate of drug-likeness (QED) is 0.369. The molecule has 1 aromatic heterocycles. The molecular weight excluding hydrogens is 551 g/mol. The Hall–Kier alpha value is -3.92. The normalized spacial score (nSPS) is 22.1. The number of carboxylic acid groups (broad SMARTS) is 1. The number of halogens is 2. The van der Waals surface area contributed by atoms with Gasteiger partial charge in [0, 0.05) is 25.0 Å². The molecular formula is C30H34ClFN4O5. The Morgan fingerprint density at radius 3 is 2.39 bits per heavy atom. The van der Waals surface area contributed by atoms with Gasteiger partial charge >= 0.3 is 6.09 Å². The molecule has 0 unspecified atom stereocenters. The Labute approximate surface area is 243 Å². The lowest BCUT2D eigenvalue weighted by atomic mass is 9.62. The van der Waals surface area contributed by atoms with E-state index in [2.05, 4.69) is 24.1 Å². The van der Waals surface area contributed by atoms with Crippen LogP contribution in [0.15, 0.2) is 59.4 Å². The highest BCUT2D eigenvalue weighted by Gasteiger charge is 2.60. The van der Waals surface area contributed by atoms with Crippen LogP contribution in [0.5, 0.6) is 5.75 Å². The number of aromatic hydroxyl groups is 1. The van der Waals surface area contributed by atoms with E-state index in [4.69, 9.17) is 0 Å². The van der Waals surface area contributed by atoms with Crippen molar-refractivity contribution in [3.05, 3.63) is 93.4 Å². The molecule has 2 amide bonds. The van der Waals surface area contributed by atoms with E-state index in [1.165, 1.54) is 33.7 Å². The molecule has 3 aromatic rings. The predicted octanol–water partition coefficient (Wildman–Crippen LogP) is 5.12. The van der Waals surface area contributed by atoms with E-state index in [1.807, 2.05) is 37.3 Å². The number of fused-ring (bicyclic) bond motifs is 3. The van der Waals surface area contributed by atoms with Gasteiger partial charge in [0.05, 0.1) is 6.04 Å². The molecule has 2 aliphatic rings. The molecule has 1 aliphatic carbocycles.